The number of rotatable bonds is 3. The van der Waals surface area contributed by atoms with E-state index >= 15 is 0 Å². The van der Waals surface area contributed by atoms with Crippen molar-refractivity contribution in [2.45, 2.75) is 19.4 Å². The second kappa shape index (κ2) is 7.56. The lowest BCUT2D eigenvalue weighted by atomic mass is 10.1. The Morgan fingerprint density at radius 3 is 2.39 bits per heavy atom. The van der Waals surface area contributed by atoms with Crippen LogP contribution in [0.2, 0.25) is 0 Å². The molecule has 2 aliphatic rings. The average molecular weight is 378 g/mol. The summed E-state index contributed by atoms with van der Waals surface area (Å²) in [4.78, 5) is 42.3. The van der Waals surface area contributed by atoms with Gasteiger partial charge < -0.3 is 9.80 Å². The van der Waals surface area contributed by atoms with Gasteiger partial charge in [-0.25, -0.2) is 4.90 Å². The summed E-state index contributed by atoms with van der Waals surface area (Å²) in [5.74, 6) is -0.251. The molecule has 2 fully saturated rings. The van der Waals surface area contributed by atoms with E-state index in [0.29, 0.717) is 37.4 Å². The van der Waals surface area contributed by atoms with Crippen LogP contribution in [-0.2, 0) is 9.59 Å². The second-order valence-electron chi connectivity index (χ2n) is 7.48. The van der Waals surface area contributed by atoms with Gasteiger partial charge in [0.1, 0.15) is 0 Å². The number of aryl methyl sites for hydroxylation is 1. The summed E-state index contributed by atoms with van der Waals surface area (Å²) < 4.78 is 0. The van der Waals surface area contributed by atoms with Crippen LogP contribution in [0, 0.1) is 6.92 Å². The molecule has 0 spiro atoms. The van der Waals surface area contributed by atoms with E-state index in [-0.39, 0.29) is 30.2 Å². The highest BCUT2D eigenvalue weighted by atomic mass is 16.2. The number of piperazine rings is 1. The smallest absolute Gasteiger partial charge is 0.292 e. The number of carbonyl (C=O) groups excluding carboxylic acids is 3. The highest BCUT2D eigenvalue weighted by Gasteiger charge is 2.46. The maximum absolute atomic E-state index is 13.0. The minimum Gasteiger partial charge on any atom is -0.327 e. The van der Waals surface area contributed by atoms with Crippen LogP contribution >= 0.6 is 0 Å². The van der Waals surface area contributed by atoms with Gasteiger partial charge in [0.2, 0.25) is 5.91 Å². The van der Waals surface area contributed by atoms with Gasteiger partial charge >= 0.3 is 0 Å². The normalized spacial score (nSPS) is 20.7. The van der Waals surface area contributed by atoms with Crippen molar-refractivity contribution >= 4 is 23.4 Å². The lowest BCUT2D eigenvalue weighted by Gasteiger charge is -2.34. The molecule has 6 nitrogen and oxygen atoms in total. The van der Waals surface area contributed by atoms with Gasteiger partial charge in [0.15, 0.2) is 6.04 Å². The Morgan fingerprint density at radius 1 is 1.00 bits per heavy atom. The van der Waals surface area contributed by atoms with Gasteiger partial charge in [0.25, 0.3) is 11.8 Å². The summed E-state index contributed by atoms with van der Waals surface area (Å²) in [5, 5.41) is 0. The third-order valence-corrected chi connectivity index (χ3v) is 5.61. The van der Waals surface area contributed by atoms with E-state index in [1.165, 1.54) is 4.90 Å². The van der Waals surface area contributed by atoms with Crippen molar-refractivity contribution in [1.82, 2.24) is 4.90 Å². The largest absolute Gasteiger partial charge is 0.327 e. The molecule has 2 aromatic carbocycles. The number of anilines is 1. The molecule has 0 unspecified atom stereocenters. The van der Waals surface area contributed by atoms with Crippen molar-refractivity contribution in [3.8, 4) is 0 Å². The molecule has 2 saturated heterocycles. The fraction of sp³-hybridized carbons (Fsp3) is 0.318. The Labute approximate surface area is 164 Å². The molecule has 0 radical (unpaired) electrons. The van der Waals surface area contributed by atoms with Crippen molar-refractivity contribution < 1.29 is 19.3 Å². The number of nitrogens with one attached hydrogen (secondary N) is 1. The fourth-order valence-electron chi connectivity index (χ4n) is 4.10. The molecule has 0 aliphatic carbocycles. The highest BCUT2D eigenvalue weighted by Crippen LogP contribution is 2.23. The van der Waals surface area contributed by atoms with Crippen LogP contribution in [0.1, 0.15) is 22.3 Å². The molecule has 2 heterocycles. The van der Waals surface area contributed by atoms with Crippen LogP contribution in [0.25, 0.3) is 0 Å². The maximum Gasteiger partial charge on any atom is 0.292 e. The zero-order valence-corrected chi connectivity index (χ0v) is 15.9. The fourth-order valence-corrected chi connectivity index (χ4v) is 4.10. The quantitative estimate of drug-likeness (QED) is 0.799. The number of quaternary nitrogens is 1. The molecule has 1 N–H and O–H groups in total. The van der Waals surface area contributed by atoms with Crippen molar-refractivity contribution in [3.63, 3.8) is 0 Å². The van der Waals surface area contributed by atoms with E-state index in [4.69, 9.17) is 0 Å². The van der Waals surface area contributed by atoms with E-state index in [9.17, 15) is 14.4 Å². The molecular formula is C22H24N3O3+. The third-order valence-electron chi connectivity index (χ3n) is 5.61. The van der Waals surface area contributed by atoms with Gasteiger partial charge in [-0.3, -0.25) is 14.4 Å². The first-order valence-corrected chi connectivity index (χ1v) is 9.67. The summed E-state index contributed by atoms with van der Waals surface area (Å²) >= 11 is 0. The molecule has 1 atom stereocenters. The number of benzene rings is 2. The van der Waals surface area contributed by atoms with Crippen LogP contribution < -0.4 is 9.80 Å². The highest BCUT2D eigenvalue weighted by molar-refractivity contribution is 6.21. The minimum absolute atomic E-state index is 0.0230. The molecule has 28 heavy (non-hydrogen) atoms. The van der Waals surface area contributed by atoms with E-state index in [0.717, 1.165) is 10.5 Å². The third kappa shape index (κ3) is 3.43. The van der Waals surface area contributed by atoms with Crippen molar-refractivity contribution in [2.75, 3.05) is 31.1 Å². The molecule has 2 aliphatic heterocycles. The topological polar surface area (TPSA) is 62.1 Å². The lowest BCUT2D eigenvalue weighted by Crippen LogP contribution is -3.19. The Hall–Kier alpha value is -2.99. The zero-order valence-electron chi connectivity index (χ0n) is 15.9. The molecule has 4 rings (SSSR count). The minimum atomic E-state index is -0.359. The number of nitrogens with zero attached hydrogens (tertiary/aromatic N) is 2. The standard InChI is InChI=1S/C22H23N3O3/c1-16-6-5-9-18(14-16)25-20(26)15-19(22(25)28)23-10-12-24(13-11-23)21(27)17-7-3-2-4-8-17/h2-9,14,19H,10-13,15H2,1H3/p+1/t19-/m0/s1. The number of carbonyl (C=O) groups is 3. The van der Waals surface area contributed by atoms with Crippen LogP contribution in [-0.4, -0.2) is 54.8 Å². The number of imide groups is 1. The van der Waals surface area contributed by atoms with Crippen molar-refractivity contribution in [3.05, 3.63) is 65.7 Å². The Bertz CT molecular complexity index is 904. The summed E-state index contributed by atoms with van der Waals surface area (Å²) in [6.45, 7) is 4.46. The van der Waals surface area contributed by atoms with Gasteiger partial charge in [-0.1, -0.05) is 30.3 Å². The van der Waals surface area contributed by atoms with Crippen molar-refractivity contribution in [2.24, 2.45) is 0 Å². The SMILES string of the molecule is Cc1cccc(N2C(=O)C[C@H]([NH+]3CCN(C(=O)c4ccccc4)CC3)C2=O)c1. The van der Waals surface area contributed by atoms with Crippen molar-refractivity contribution in [1.29, 1.82) is 0 Å². The first kappa shape index (κ1) is 18.4. The lowest BCUT2D eigenvalue weighted by molar-refractivity contribution is -0.918. The summed E-state index contributed by atoms with van der Waals surface area (Å²) in [6, 6.07) is 16.4. The van der Waals surface area contributed by atoms with Crippen LogP contribution in [0.5, 0.6) is 0 Å². The Kier molecular flexibility index (Phi) is 4.96. The molecule has 6 heteroatoms. The molecule has 0 saturated carbocycles. The maximum atomic E-state index is 13.0. The summed E-state index contributed by atoms with van der Waals surface area (Å²) in [6.07, 6.45) is 0.231. The summed E-state index contributed by atoms with van der Waals surface area (Å²) in [7, 11) is 0. The first-order valence-electron chi connectivity index (χ1n) is 9.67. The number of hydrogen-bond acceptors (Lipinski definition) is 3. The van der Waals surface area contributed by atoms with E-state index in [1.54, 1.807) is 6.07 Å². The van der Waals surface area contributed by atoms with Gasteiger partial charge in [-0.05, 0) is 36.8 Å². The van der Waals surface area contributed by atoms with Crippen LogP contribution in [0.15, 0.2) is 54.6 Å². The molecule has 2 aromatic rings. The van der Waals surface area contributed by atoms with Crippen LogP contribution in [0.4, 0.5) is 5.69 Å². The second-order valence-corrected chi connectivity index (χ2v) is 7.48. The number of amides is 3. The molecule has 144 valence electrons. The molecule has 3 amide bonds. The molecule has 0 bridgehead atoms. The number of hydrogen-bond donors (Lipinski definition) is 1. The van der Waals surface area contributed by atoms with E-state index in [2.05, 4.69) is 0 Å². The van der Waals surface area contributed by atoms with Gasteiger partial charge in [-0.2, -0.15) is 0 Å². The van der Waals surface area contributed by atoms with E-state index < -0.39 is 0 Å². The predicted molar refractivity (Wildman–Crippen MR) is 105 cm³/mol. The summed E-state index contributed by atoms with van der Waals surface area (Å²) in [5.41, 5.74) is 2.35. The molecule has 0 aromatic heterocycles. The van der Waals surface area contributed by atoms with Gasteiger partial charge in [0, 0.05) is 5.56 Å². The monoisotopic (exact) mass is 378 g/mol. The van der Waals surface area contributed by atoms with Crippen LogP contribution in [0.3, 0.4) is 0 Å². The average Bonchev–Trinajstić information content (AvgIpc) is 3.02. The van der Waals surface area contributed by atoms with Gasteiger partial charge in [0.05, 0.1) is 38.3 Å². The Balaban J connectivity index is 1.42. The first-order chi connectivity index (χ1) is 13.5. The molecular weight excluding hydrogens is 354 g/mol. The van der Waals surface area contributed by atoms with Gasteiger partial charge in [-0.15, -0.1) is 0 Å². The predicted octanol–water partition coefficient (Wildman–Crippen LogP) is 0.668. The zero-order chi connectivity index (χ0) is 19.7. The Morgan fingerprint density at radius 2 is 1.71 bits per heavy atom. The van der Waals surface area contributed by atoms with E-state index in [1.807, 2.05) is 60.4 Å².